The van der Waals surface area contributed by atoms with Crippen LogP contribution in [0.2, 0.25) is 0 Å². The van der Waals surface area contributed by atoms with Crippen molar-refractivity contribution in [1.82, 2.24) is 4.72 Å². The number of carbonyl (C=O) groups excluding carboxylic acids is 1. The van der Waals surface area contributed by atoms with Crippen LogP contribution < -0.4 is 10.0 Å². The summed E-state index contributed by atoms with van der Waals surface area (Å²) in [5.74, 6) is 0.000845. The number of anilines is 1. The van der Waals surface area contributed by atoms with Crippen molar-refractivity contribution < 1.29 is 4.79 Å². The third-order valence-electron chi connectivity index (χ3n) is 2.52. The summed E-state index contributed by atoms with van der Waals surface area (Å²) in [6, 6.07) is 7.97. The average Bonchev–Trinajstić information content (AvgIpc) is 2.26. The molecule has 1 aromatic rings. The molecule has 20 heavy (non-hydrogen) atoms. The van der Waals surface area contributed by atoms with Gasteiger partial charge in [0, 0.05) is 22.0 Å². The molecular weight excluding hydrogens is 308 g/mol. The second-order valence-corrected chi connectivity index (χ2v) is 12.0. The van der Waals surface area contributed by atoms with Gasteiger partial charge in [-0.2, -0.15) is 0 Å². The number of nitrogens with one attached hydrogen (secondary N) is 2. The van der Waals surface area contributed by atoms with Crippen LogP contribution in [-0.4, -0.2) is 11.9 Å². The predicted molar refractivity (Wildman–Crippen MR) is 96.6 cm³/mol. The second-order valence-electron chi connectivity index (χ2n) is 6.05. The van der Waals surface area contributed by atoms with E-state index >= 15 is 0 Å². The van der Waals surface area contributed by atoms with Gasteiger partial charge in [-0.25, -0.2) is 0 Å². The molecule has 1 aromatic carbocycles. The fourth-order valence-electron chi connectivity index (χ4n) is 1.44. The van der Waals surface area contributed by atoms with E-state index in [4.69, 9.17) is 0 Å². The van der Waals surface area contributed by atoms with E-state index in [1.165, 1.54) is 0 Å². The quantitative estimate of drug-likeness (QED) is 0.486. The Morgan fingerprint density at radius 1 is 1.15 bits per heavy atom. The fraction of sp³-hybridized carbons (Fsp3) is 0.500. The van der Waals surface area contributed by atoms with Gasteiger partial charge >= 0.3 is 0 Å². The predicted octanol–water partition coefficient (Wildman–Crippen LogP) is 4.44. The first kappa shape index (κ1) is 17.8. The Balaban J connectivity index is 2.82. The lowest BCUT2D eigenvalue weighted by Gasteiger charge is -2.32. The van der Waals surface area contributed by atoms with E-state index in [1.54, 1.807) is 0 Å². The summed E-state index contributed by atoms with van der Waals surface area (Å²) in [6.45, 7) is 9.79. The van der Waals surface area contributed by atoms with Gasteiger partial charge in [-0.15, -0.1) is 23.3 Å². The largest absolute Gasteiger partial charge is 0.326 e. The van der Waals surface area contributed by atoms with Gasteiger partial charge in [-0.1, -0.05) is 29.0 Å². The topological polar surface area (TPSA) is 41.1 Å². The number of rotatable bonds is 4. The molecule has 3 nitrogen and oxygen atoms in total. The number of benzene rings is 1. The maximum atomic E-state index is 11.9. The van der Waals surface area contributed by atoms with E-state index in [0.29, 0.717) is 6.04 Å². The highest BCUT2D eigenvalue weighted by Crippen LogP contribution is 2.60. The Morgan fingerprint density at radius 3 is 2.05 bits per heavy atom. The molecule has 0 aliphatic rings. The van der Waals surface area contributed by atoms with Crippen LogP contribution >= 0.6 is 31.6 Å². The number of amides is 1. The Labute approximate surface area is 133 Å². The molecule has 0 aliphatic heterocycles. The third-order valence-corrected chi connectivity index (χ3v) is 6.15. The van der Waals surface area contributed by atoms with Crippen molar-refractivity contribution in [3.63, 3.8) is 0 Å². The molecule has 0 bridgehead atoms. The summed E-state index contributed by atoms with van der Waals surface area (Å²) < 4.78 is 3.34. The fourth-order valence-corrected chi connectivity index (χ4v) is 4.75. The van der Waals surface area contributed by atoms with Gasteiger partial charge < -0.3 is 5.32 Å². The molecule has 2 N–H and O–H groups in total. The Morgan fingerprint density at radius 2 is 1.65 bits per heavy atom. The monoisotopic (exact) mass is 332 g/mol. The molecule has 0 saturated heterocycles. The van der Waals surface area contributed by atoms with Crippen molar-refractivity contribution in [2.24, 2.45) is 5.41 Å². The van der Waals surface area contributed by atoms with Crippen molar-refractivity contribution >= 4 is 43.2 Å². The molecule has 0 spiro atoms. The van der Waals surface area contributed by atoms with Crippen LogP contribution in [0.5, 0.6) is 0 Å². The molecule has 0 fully saturated rings. The van der Waals surface area contributed by atoms with Crippen LogP contribution in [-0.2, 0) is 4.79 Å². The average molecular weight is 333 g/mol. The van der Waals surface area contributed by atoms with Crippen molar-refractivity contribution in [2.45, 2.75) is 45.6 Å². The second kappa shape index (κ2) is 6.64. The summed E-state index contributed by atoms with van der Waals surface area (Å²) in [6.07, 6.45) is 0. The molecule has 0 aromatic heterocycles. The number of carbonyl (C=O) groups is 1. The summed E-state index contributed by atoms with van der Waals surface area (Å²) in [7, 11) is -1.61. The zero-order valence-corrected chi connectivity index (χ0v) is 15.2. The molecule has 0 aliphatic carbocycles. The first-order chi connectivity index (χ1) is 9.02. The Bertz CT molecular complexity index is 464. The first-order valence-electron chi connectivity index (χ1n) is 6.49. The van der Waals surface area contributed by atoms with Crippen molar-refractivity contribution in [2.75, 3.05) is 5.32 Å². The number of hydrogen-bond acceptors (Lipinski definition) is 4. The van der Waals surface area contributed by atoms with Crippen LogP contribution in [0, 0.1) is 5.41 Å². The number of hydrogen-bond donors (Lipinski definition) is 4. The van der Waals surface area contributed by atoms with Crippen molar-refractivity contribution in [3.05, 3.63) is 24.3 Å². The molecular formula is C14H24N2OS3. The van der Waals surface area contributed by atoms with Crippen molar-refractivity contribution in [3.8, 4) is 0 Å². The molecule has 0 radical (unpaired) electrons. The van der Waals surface area contributed by atoms with Gasteiger partial charge in [0.2, 0.25) is 5.91 Å². The molecule has 1 rings (SSSR count). The minimum absolute atomic E-state index is 0.000845. The zero-order chi connectivity index (χ0) is 15.6. The molecule has 6 heteroatoms. The lowest BCUT2D eigenvalue weighted by molar-refractivity contribution is -0.123. The van der Waals surface area contributed by atoms with Gasteiger partial charge in [0.05, 0.1) is 0 Å². The SMILES string of the molecule is CC(C)NS(S)(S)c1ccc(NC(=O)C(C)(C)C)cc1. The van der Waals surface area contributed by atoms with Crippen LogP contribution in [0.1, 0.15) is 34.6 Å². The van der Waals surface area contributed by atoms with E-state index < -0.39 is 13.7 Å². The minimum atomic E-state index is -1.61. The highest BCUT2D eigenvalue weighted by molar-refractivity contribution is 9.17. The molecule has 0 saturated carbocycles. The van der Waals surface area contributed by atoms with Gasteiger partial charge in [0.1, 0.15) is 0 Å². The highest BCUT2D eigenvalue weighted by atomic mass is 33.5. The normalized spacial score (nSPS) is 13.4. The van der Waals surface area contributed by atoms with Crippen LogP contribution in [0.25, 0.3) is 0 Å². The van der Waals surface area contributed by atoms with E-state index in [9.17, 15) is 4.79 Å². The molecule has 114 valence electrons. The highest BCUT2D eigenvalue weighted by Gasteiger charge is 2.22. The minimum Gasteiger partial charge on any atom is -0.326 e. The molecule has 1 amide bonds. The van der Waals surface area contributed by atoms with Crippen LogP contribution in [0.4, 0.5) is 5.69 Å². The third kappa shape index (κ3) is 5.24. The standard InChI is InChI=1S/C14H24N2OS3/c1-10(2)16-20(18,19)12-8-6-11(7-9-12)15-13(17)14(3,4)5/h6-10,16,18-19H,1-5H3,(H,15,17). The zero-order valence-electron chi connectivity index (χ0n) is 12.6. The summed E-state index contributed by atoms with van der Waals surface area (Å²) >= 11 is 9.23. The molecule has 0 atom stereocenters. The van der Waals surface area contributed by atoms with Gasteiger partial charge in [-0.05, 0) is 38.1 Å². The van der Waals surface area contributed by atoms with Gasteiger partial charge in [0.25, 0.3) is 0 Å². The van der Waals surface area contributed by atoms with Crippen LogP contribution in [0.3, 0.4) is 0 Å². The number of thiol groups is 2. The van der Waals surface area contributed by atoms with E-state index in [2.05, 4.69) is 47.2 Å². The Kier molecular flexibility index (Phi) is 5.89. The van der Waals surface area contributed by atoms with Gasteiger partial charge in [-0.3, -0.25) is 9.52 Å². The summed E-state index contributed by atoms with van der Waals surface area (Å²) in [5.41, 5.74) is 0.384. The summed E-state index contributed by atoms with van der Waals surface area (Å²) in [4.78, 5) is 12.9. The smallest absolute Gasteiger partial charge is 0.229 e. The van der Waals surface area contributed by atoms with Crippen LogP contribution in [0.15, 0.2) is 29.2 Å². The molecule has 0 unspecified atom stereocenters. The first-order valence-corrected chi connectivity index (χ1v) is 10.2. The van der Waals surface area contributed by atoms with E-state index in [0.717, 1.165) is 10.6 Å². The lowest BCUT2D eigenvalue weighted by Crippen LogP contribution is -2.27. The maximum Gasteiger partial charge on any atom is 0.229 e. The summed E-state index contributed by atoms with van der Waals surface area (Å²) in [5, 5.41) is 2.90. The molecule has 0 heterocycles. The van der Waals surface area contributed by atoms with E-state index in [1.807, 2.05) is 45.0 Å². The van der Waals surface area contributed by atoms with E-state index in [-0.39, 0.29) is 5.91 Å². The maximum absolute atomic E-state index is 11.9. The Hall–Kier alpha value is -0.300. The van der Waals surface area contributed by atoms with Gasteiger partial charge in [0.15, 0.2) is 0 Å². The van der Waals surface area contributed by atoms with Crippen molar-refractivity contribution in [1.29, 1.82) is 0 Å². The lowest BCUT2D eigenvalue weighted by atomic mass is 9.95.